The van der Waals surface area contributed by atoms with E-state index >= 15 is 0 Å². The Morgan fingerprint density at radius 2 is 2.14 bits per heavy atom. The number of hydrogen-bond acceptors (Lipinski definition) is 3. The van der Waals surface area contributed by atoms with E-state index in [0.29, 0.717) is 17.4 Å². The lowest BCUT2D eigenvalue weighted by atomic mass is 9.93. The van der Waals surface area contributed by atoms with Crippen LogP contribution >= 0.6 is 11.6 Å². The van der Waals surface area contributed by atoms with Crippen molar-refractivity contribution in [2.24, 2.45) is 5.92 Å². The van der Waals surface area contributed by atoms with E-state index in [-0.39, 0.29) is 11.8 Å². The van der Waals surface area contributed by atoms with Gasteiger partial charge in [0.15, 0.2) is 0 Å². The molecule has 4 nitrogen and oxygen atoms in total. The molecular formula is C16H16ClN3O. The number of aromatic nitrogens is 1. The second-order valence-electron chi connectivity index (χ2n) is 5.20. The van der Waals surface area contributed by atoms with E-state index < -0.39 is 0 Å². The molecule has 0 bridgehead atoms. The second-order valence-corrected chi connectivity index (χ2v) is 5.58. The molecule has 0 fully saturated rings. The number of anilines is 2. The Bertz CT molecular complexity index is 687. The van der Waals surface area contributed by atoms with Crippen molar-refractivity contribution in [1.82, 2.24) is 4.98 Å². The van der Waals surface area contributed by atoms with Gasteiger partial charge in [-0.25, -0.2) is 4.98 Å². The zero-order chi connectivity index (χ0) is 14.8. The average molecular weight is 302 g/mol. The fraction of sp³-hybridized carbons (Fsp3) is 0.250. The minimum atomic E-state index is -0.0880. The van der Waals surface area contributed by atoms with E-state index in [0.717, 1.165) is 17.8 Å². The van der Waals surface area contributed by atoms with Gasteiger partial charge in [-0.15, -0.1) is 0 Å². The molecule has 0 radical (unpaired) electrons. The number of nitrogens with zero attached hydrogens (tertiary/aromatic N) is 1. The number of rotatable bonds is 2. The Morgan fingerprint density at radius 3 is 2.95 bits per heavy atom. The van der Waals surface area contributed by atoms with Crippen molar-refractivity contribution >= 4 is 28.9 Å². The smallest absolute Gasteiger partial charge is 0.229 e. The van der Waals surface area contributed by atoms with Crippen molar-refractivity contribution in [3.8, 4) is 0 Å². The highest BCUT2D eigenvalue weighted by molar-refractivity contribution is 6.29. The standard InChI is InChI=1S/C16H16ClN3O/c1-10-13(6-7-15(17)19-10)20-16(21)12-8-11-4-2-3-5-14(11)18-9-12/h2-7,12,18H,8-9H2,1H3,(H,20,21). The summed E-state index contributed by atoms with van der Waals surface area (Å²) >= 11 is 5.82. The summed E-state index contributed by atoms with van der Waals surface area (Å²) in [5.74, 6) is -0.0841. The summed E-state index contributed by atoms with van der Waals surface area (Å²) < 4.78 is 0. The van der Waals surface area contributed by atoms with E-state index in [4.69, 9.17) is 11.6 Å². The van der Waals surface area contributed by atoms with Gasteiger partial charge in [-0.1, -0.05) is 29.8 Å². The zero-order valence-corrected chi connectivity index (χ0v) is 12.4. The molecule has 2 heterocycles. The van der Waals surface area contributed by atoms with E-state index in [1.54, 1.807) is 12.1 Å². The van der Waals surface area contributed by atoms with Crippen molar-refractivity contribution < 1.29 is 4.79 Å². The van der Waals surface area contributed by atoms with Crippen molar-refractivity contribution in [3.05, 3.63) is 52.8 Å². The zero-order valence-electron chi connectivity index (χ0n) is 11.7. The van der Waals surface area contributed by atoms with Gasteiger partial charge in [0.1, 0.15) is 5.15 Å². The van der Waals surface area contributed by atoms with Crippen LogP contribution in [-0.4, -0.2) is 17.4 Å². The Hall–Kier alpha value is -2.07. The summed E-state index contributed by atoms with van der Waals surface area (Å²) in [6, 6.07) is 11.5. The fourth-order valence-electron chi connectivity index (χ4n) is 2.52. The molecule has 0 aliphatic carbocycles. The van der Waals surface area contributed by atoms with Gasteiger partial charge in [0, 0.05) is 12.2 Å². The molecule has 3 rings (SSSR count). The van der Waals surface area contributed by atoms with E-state index in [1.807, 2.05) is 25.1 Å². The number of carbonyl (C=O) groups excluding carboxylic acids is 1. The summed E-state index contributed by atoms with van der Waals surface area (Å²) in [5, 5.41) is 6.67. The number of nitrogens with one attached hydrogen (secondary N) is 2. The van der Waals surface area contributed by atoms with Gasteiger partial charge in [-0.05, 0) is 37.1 Å². The van der Waals surface area contributed by atoms with Crippen LogP contribution in [0, 0.1) is 12.8 Å². The normalized spacial score (nSPS) is 16.8. The number of carbonyl (C=O) groups is 1. The highest BCUT2D eigenvalue weighted by Gasteiger charge is 2.24. The molecule has 0 spiro atoms. The minimum Gasteiger partial charge on any atom is -0.384 e. The number of halogens is 1. The monoisotopic (exact) mass is 301 g/mol. The van der Waals surface area contributed by atoms with Crippen molar-refractivity contribution in [3.63, 3.8) is 0 Å². The van der Waals surface area contributed by atoms with Crippen LogP contribution in [0.3, 0.4) is 0 Å². The van der Waals surface area contributed by atoms with Gasteiger partial charge in [-0.2, -0.15) is 0 Å². The Labute approximate surface area is 128 Å². The van der Waals surface area contributed by atoms with Crippen molar-refractivity contribution in [2.75, 3.05) is 17.2 Å². The number of hydrogen-bond donors (Lipinski definition) is 2. The summed E-state index contributed by atoms with van der Waals surface area (Å²) in [7, 11) is 0. The van der Waals surface area contributed by atoms with Crippen LogP contribution in [0.5, 0.6) is 0 Å². The molecule has 1 aromatic carbocycles. The van der Waals surface area contributed by atoms with Crippen molar-refractivity contribution in [2.45, 2.75) is 13.3 Å². The summed E-state index contributed by atoms with van der Waals surface area (Å²) in [6.45, 7) is 2.47. The third-order valence-corrected chi connectivity index (χ3v) is 3.91. The van der Waals surface area contributed by atoms with Crippen LogP contribution in [0.25, 0.3) is 0 Å². The molecule has 0 saturated carbocycles. The first-order valence-corrected chi connectivity index (χ1v) is 7.27. The number of aryl methyl sites for hydroxylation is 1. The van der Waals surface area contributed by atoms with Gasteiger partial charge in [0.2, 0.25) is 5.91 Å². The Morgan fingerprint density at radius 1 is 1.33 bits per heavy atom. The predicted molar refractivity (Wildman–Crippen MR) is 84.7 cm³/mol. The number of pyridine rings is 1. The maximum absolute atomic E-state index is 12.4. The lowest BCUT2D eigenvalue weighted by molar-refractivity contribution is -0.119. The van der Waals surface area contributed by atoms with E-state index in [1.165, 1.54) is 5.56 Å². The average Bonchev–Trinajstić information content (AvgIpc) is 2.49. The highest BCUT2D eigenvalue weighted by atomic mass is 35.5. The van der Waals surface area contributed by atoms with Crippen molar-refractivity contribution in [1.29, 1.82) is 0 Å². The van der Waals surface area contributed by atoms with Crippen LogP contribution in [0.1, 0.15) is 11.3 Å². The fourth-order valence-corrected chi connectivity index (χ4v) is 2.71. The SMILES string of the molecule is Cc1nc(Cl)ccc1NC(=O)C1CNc2ccccc2C1. The minimum absolute atomic E-state index is 0.00391. The van der Waals surface area contributed by atoms with Crippen LogP contribution in [0.4, 0.5) is 11.4 Å². The summed E-state index contributed by atoms with van der Waals surface area (Å²) in [5.41, 5.74) is 3.73. The maximum Gasteiger partial charge on any atom is 0.229 e. The molecule has 1 aliphatic rings. The number of para-hydroxylation sites is 1. The van der Waals surface area contributed by atoms with Gasteiger partial charge in [0.25, 0.3) is 0 Å². The number of fused-ring (bicyclic) bond motifs is 1. The third kappa shape index (κ3) is 3.00. The molecule has 108 valence electrons. The molecule has 1 aromatic heterocycles. The van der Waals surface area contributed by atoms with Gasteiger partial charge in [-0.3, -0.25) is 4.79 Å². The molecular weight excluding hydrogens is 286 g/mol. The lowest BCUT2D eigenvalue weighted by Gasteiger charge is -2.25. The van der Waals surface area contributed by atoms with E-state index in [9.17, 15) is 4.79 Å². The summed E-state index contributed by atoms with van der Waals surface area (Å²) in [6.07, 6.45) is 0.745. The molecule has 2 aromatic rings. The number of benzene rings is 1. The van der Waals surface area contributed by atoms with Gasteiger partial charge in [0.05, 0.1) is 17.3 Å². The van der Waals surface area contributed by atoms with Crippen LogP contribution in [0.15, 0.2) is 36.4 Å². The molecule has 1 atom stereocenters. The molecule has 0 saturated heterocycles. The first kappa shape index (κ1) is 13.9. The highest BCUT2D eigenvalue weighted by Crippen LogP contribution is 2.25. The largest absolute Gasteiger partial charge is 0.384 e. The second kappa shape index (κ2) is 5.74. The lowest BCUT2D eigenvalue weighted by Crippen LogP contribution is -2.33. The number of amides is 1. The maximum atomic E-state index is 12.4. The first-order valence-electron chi connectivity index (χ1n) is 6.89. The molecule has 2 N–H and O–H groups in total. The van der Waals surface area contributed by atoms with Crippen LogP contribution in [0.2, 0.25) is 5.15 Å². The Kier molecular flexibility index (Phi) is 3.80. The third-order valence-electron chi connectivity index (χ3n) is 3.70. The molecule has 21 heavy (non-hydrogen) atoms. The quantitative estimate of drug-likeness (QED) is 0.837. The topological polar surface area (TPSA) is 54.0 Å². The van der Waals surface area contributed by atoms with Crippen LogP contribution in [-0.2, 0) is 11.2 Å². The summed E-state index contributed by atoms with van der Waals surface area (Å²) in [4.78, 5) is 16.5. The van der Waals surface area contributed by atoms with Gasteiger partial charge >= 0.3 is 0 Å². The van der Waals surface area contributed by atoms with E-state index in [2.05, 4.69) is 21.7 Å². The van der Waals surface area contributed by atoms with Gasteiger partial charge < -0.3 is 10.6 Å². The molecule has 5 heteroatoms. The first-order chi connectivity index (χ1) is 10.1. The molecule has 1 amide bonds. The molecule has 1 unspecified atom stereocenters. The predicted octanol–water partition coefficient (Wildman–Crippen LogP) is 3.27. The molecule has 1 aliphatic heterocycles. The van der Waals surface area contributed by atoms with Crippen LogP contribution < -0.4 is 10.6 Å². The Balaban J connectivity index is 1.72.